The molecule has 0 aliphatic heterocycles. The lowest BCUT2D eigenvalue weighted by Gasteiger charge is -2.06. The van der Waals surface area contributed by atoms with Crippen LogP contribution in [0, 0.1) is 13.8 Å². The molecule has 20 heavy (non-hydrogen) atoms. The van der Waals surface area contributed by atoms with Gasteiger partial charge in [0.05, 0.1) is 18.1 Å². The van der Waals surface area contributed by atoms with Gasteiger partial charge >= 0.3 is 0 Å². The molecule has 7 heteroatoms. The quantitative estimate of drug-likeness (QED) is 0.625. The fourth-order valence-corrected chi connectivity index (χ4v) is 2.60. The Hall–Kier alpha value is -1.05. The maximum absolute atomic E-state index is 11.6. The smallest absolute Gasteiger partial charge is 0.230 e. The summed E-state index contributed by atoms with van der Waals surface area (Å²) in [7, 11) is 1.67. The summed E-state index contributed by atoms with van der Waals surface area (Å²) in [5, 5.41) is 9.93. The largest absolute Gasteiger partial charge is 0.383 e. The van der Waals surface area contributed by atoms with Crippen LogP contribution in [0.25, 0.3) is 0 Å². The first-order valence-electron chi connectivity index (χ1n) is 6.61. The molecule has 0 saturated carbocycles. The molecule has 0 saturated heterocycles. The second-order valence-electron chi connectivity index (χ2n) is 4.39. The third kappa shape index (κ3) is 6.40. The van der Waals surface area contributed by atoms with Crippen LogP contribution in [-0.4, -0.2) is 50.2 Å². The molecule has 1 rings (SSSR count). The number of rotatable bonds is 10. The van der Waals surface area contributed by atoms with Gasteiger partial charge in [0.15, 0.2) is 0 Å². The van der Waals surface area contributed by atoms with Gasteiger partial charge in [0.25, 0.3) is 0 Å². The minimum Gasteiger partial charge on any atom is -0.383 e. The first-order valence-corrected chi connectivity index (χ1v) is 7.76. The van der Waals surface area contributed by atoms with Crippen molar-refractivity contribution < 1.29 is 14.1 Å². The number of carbonyl (C=O) groups excluding carboxylic acids is 1. The highest BCUT2D eigenvalue weighted by atomic mass is 32.2. The zero-order valence-electron chi connectivity index (χ0n) is 12.3. The van der Waals surface area contributed by atoms with Crippen molar-refractivity contribution in [1.82, 2.24) is 15.8 Å². The van der Waals surface area contributed by atoms with Gasteiger partial charge < -0.3 is 19.9 Å². The number of amides is 1. The van der Waals surface area contributed by atoms with Crippen molar-refractivity contribution >= 4 is 17.7 Å². The Morgan fingerprint density at radius 3 is 2.80 bits per heavy atom. The fourth-order valence-electron chi connectivity index (χ4n) is 1.59. The van der Waals surface area contributed by atoms with Crippen molar-refractivity contribution in [3.63, 3.8) is 0 Å². The number of nitrogens with one attached hydrogen (secondary N) is 2. The molecule has 6 nitrogen and oxygen atoms in total. The minimum absolute atomic E-state index is 0.0512. The molecule has 0 bridgehead atoms. The molecule has 0 aliphatic carbocycles. The molecule has 1 aromatic rings. The van der Waals surface area contributed by atoms with Crippen LogP contribution in [0.4, 0.5) is 0 Å². The molecule has 1 amide bonds. The standard InChI is InChI=1S/C13H23N3O3S/c1-10-12(11(2)19-16-10)8-20-9-13(17)15-5-4-14-6-7-18-3/h14H,4-9H2,1-3H3,(H,15,17). The first-order chi connectivity index (χ1) is 9.65. The molecular formula is C13H23N3O3S. The number of nitrogens with zero attached hydrogens (tertiary/aromatic N) is 1. The van der Waals surface area contributed by atoms with Crippen molar-refractivity contribution in [2.24, 2.45) is 0 Å². The first kappa shape index (κ1) is 17.0. The Kier molecular flexibility index (Phi) is 8.32. The lowest BCUT2D eigenvalue weighted by Crippen LogP contribution is -2.33. The van der Waals surface area contributed by atoms with E-state index in [1.807, 2.05) is 13.8 Å². The van der Waals surface area contributed by atoms with Gasteiger partial charge in [-0.25, -0.2) is 0 Å². The van der Waals surface area contributed by atoms with E-state index in [1.165, 1.54) is 0 Å². The highest BCUT2D eigenvalue weighted by molar-refractivity contribution is 7.99. The molecule has 0 atom stereocenters. The fraction of sp³-hybridized carbons (Fsp3) is 0.692. The summed E-state index contributed by atoms with van der Waals surface area (Å²) in [6.07, 6.45) is 0. The van der Waals surface area contributed by atoms with Crippen LogP contribution in [0.1, 0.15) is 17.0 Å². The Bertz CT molecular complexity index is 390. The molecular weight excluding hydrogens is 278 g/mol. The Labute approximate surface area is 124 Å². The van der Waals surface area contributed by atoms with Gasteiger partial charge in [-0.1, -0.05) is 5.16 Å². The molecule has 1 heterocycles. The van der Waals surface area contributed by atoms with E-state index in [2.05, 4.69) is 15.8 Å². The van der Waals surface area contributed by atoms with E-state index in [0.29, 0.717) is 18.9 Å². The van der Waals surface area contributed by atoms with Crippen LogP contribution < -0.4 is 10.6 Å². The van der Waals surface area contributed by atoms with Gasteiger partial charge in [-0.2, -0.15) is 0 Å². The summed E-state index contributed by atoms with van der Waals surface area (Å²) in [6, 6.07) is 0. The van der Waals surface area contributed by atoms with Gasteiger partial charge in [-0.15, -0.1) is 11.8 Å². The van der Waals surface area contributed by atoms with E-state index in [4.69, 9.17) is 9.26 Å². The molecule has 0 fully saturated rings. The van der Waals surface area contributed by atoms with E-state index in [1.54, 1.807) is 18.9 Å². The lowest BCUT2D eigenvalue weighted by atomic mass is 10.2. The Morgan fingerprint density at radius 2 is 2.15 bits per heavy atom. The summed E-state index contributed by atoms with van der Waals surface area (Å²) in [5.74, 6) is 2.08. The summed E-state index contributed by atoms with van der Waals surface area (Å²) in [5.41, 5.74) is 1.99. The van der Waals surface area contributed by atoms with Crippen LogP contribution in [0.5, 0.6) is 0 Å². The van der Waals surface area contributed by atoms with Gasteiger partial charge in [-0.05, 0) is 13.8 Å². The van der Waals surface area contributed by atoms with E-state index >= 15 is 0 Å². The molecule has 0 unspecified atom stereocenters. The van der Waals surface area contributed by atoms with E-state index < -0.39 is 0 Å². The molecule has 114 valence electrons. The van der Waals surface area contributed by atoms with Crippen LogP contribution >= 0.6 is 11.8 Å². The monoisotopic (exact) mass is 301 g/mol. The molecule has 0 aromatic carbocycles. The second kappa shape index (κ2) is 9.79. The third-order valence-electron chi connectivity index (χ3n) is 2.77. The number of hydrogen-bond donors (Lipinski definition) is 2. The van der Waals surface area contributed by atoms with Crippen molar-refractivity contribution in [2.45, 2.75) is 19.6 Å². The lowest BCUT2D eigenvalue weighted by molar-refractivity contribution is -0.118. The third-order valence-corrected chi connectivity index (χ3v) is 3.73. The van der Waals surface area contributed by atoms with Crippen molar-refractivity contribution in [3.05, 3.63) is 17.0 Å². The van der Waals surface area contributed by atoms with Gasteiger partial charge in [-0.3, -0.25) is 4.79 Å². The van der Waals surface area contributed by atoms with Crippen LogP contribution in [0.15, 0.2) is 4.52 Å². The Morgan fingerprint density at radius 1 is 1.35 bits per heavy atom. The zero-order valence-corrected chi connectivity index (χ0v) is 13.1. The van der Waals surface area contributed by atoms with Crippen LogP contribution in [0.2, 0.25) is 0 Å². The van der Waals surface area contributed by atoms with E-state index in [9.17, 15) is 4.79 Å². The van der Waals surface area contributed by atoms with Gasteiger partial charge in [0.2, 0.25) is 5.91 Å². The van der Waals surface area contributed by atoms with E-state index in [0.717, 1.165) is 35.9 Å². The highest BCUT2D eigenvalue weighted by Gasteiger charge is 2.09. The number of methoxy groups -OCH3 is 1. The summed E-state index contributed by atoms with van der Waals surface area (Å²) < 4.78 is 9.99. The molecule has 1 aromatic heterocycles. The predicted octanol–water partition coefficient (Wildman–Crippen LogP) is 0.877. The normalized spacial score (nSPS) is 10.8. The highest BCUT2D eigenvalue weighted by Crippen LogP contribution is 2.18. The number of thioether (sulfide) groups is 1. The number of aromatic nitrogens is 1. The number of aryl methyl sites for hydroxylation is 2. The maximum atomic E-state index is 11.6. The van der Waals surface area contributed by atoms with Gasteiger partial charge in [0.1, 0.15) is 5.76 Å². The summed E-state index contributed by atoms with van der Waals surface area (Å²) >= 11 is 1.57. The second-order valence-corrected chi connectivity index (χ2v) is 5.37. The average molecular weight is 301 g/mol. The van der Waals surface area contributed by atoms with E-state index in [-0.39, 0.29) is 5.91 Å². The maximum Gasteiger partial charge on any atom is 0.230 e. The molecule has 2 N–H and O–H groups in total. The van der Waals surface area contributed by atoms with Crippen LogP contribution in [-0.2, 0) is 15.3 Å². The van der Waals surface area contributed by atoms with Crippen molar-refractivity contribution in [1.29, 1.82) is 0 Å². The molecule has 0 radical (unpaired) electrons. The zero-order chi connectivity index (χ0) is 14.8. The SMILES string of the molecule is COCCNCCNC(=O)CSCc1c(C)noc1C. The molecule has 0 spiro atoms. The van der Waals surface area contributed by atoms with Crippen molar-refractivity contribution in [3.8, 4) is 0 Å². The Balaban J connectivity index is 2.06. The number of carbonyl (C=O) groups is 1. The summed E-state index contributed by atoms with van der Waals surface area (Å²) in [6.45, 7) is 6.67. The predicted molar refractivity (Wildman–Crippen MR) is 79.9 cm³/mol. The number of ether oxygens (including phenoxy) is 1. The van der Waals surface area contributed by atoms with Crippen LogP contribution in [0.3, 0.4) is 0 Å². The topological polar surface area (TPSA) is 76.4 Å². The van der Waals surface area contributed by atoms with Crippen molar-refractivity contribution in [2.75, 3.05) is 39.1 Å². The van der Waals surface area contributed by atoms with Gasteiger partial charge in [0, 0.05) is 38.1 Å². The molecule has 0 aliphatic rings. The average Bonchev–Trinajstić information content (AvgIpc) is 2.74. The number of hydrogen-bond acceptors (Lipinski definition) is 6. The minimum atomic E-state index is 0.0512. The summed E-state index contributed by atoms with van der Waals surface area (Å²) in [4.78, 5) is 11.6.